The third-order valence-corrected chi connectivity index (χ3v) is 3.56. The molecular weight excluding hydrogens is 334 g/mol. The van der Waals surface area contributed by atoms with Crippen molar-refractivity contribution in [3.05, 3.63) is 83.9 Å². The Kier molecular flexibility index (Phi) is 5.16. The molecule has 3 rings (SSSR count). The SMILES string of the molecule is O=C(NO)c1cccc(C(=O)N/N=C/c2ccc(-n3ccnc3)cc2)c1. The summed E-state index contributed by atoms with van der Waals surface area (Å²) in [5.41, 5.74) is 6.10. The number of carbonyl (C=O) groups excluding carboxylic acids is 2. The van der Waals surface area contributed by atoms with Crippen LogP contribution in [0, 0.1) is 0 Å². The molecule has 8 nitrogen and oxygen atoms in total. The van der Waals surface area contributed by atoms with E-state index in [0.29, 0.717) is 0 Å². The maximum absolute atomic E-state index is 12.1. The number of imidazole rings is 1. The number of benzene rings is 2. The van der Waals surface area contributed by atoms with E-state index in [9.17, 15) is 9.59 Å². The summed E-state index contributed by atoms with van der Waals surface area (Å²) in [5, 5.41) is 12.5. The van der Waals surface area contributed by atoms with E-state index in [1.807, 2.05) is 35.0 Å². The summed E-state index contributed by atoms with van der Waals surface area (Å²) < 4.78 is 1.87. The first-order valence-electron chi connectivity index (χ1n) is 7.63. The highest BCUT2D eigenvalue weighted by Gasteiger charge is 2.09. The molecule has 1 aromatic heterocycles. The van der Waals surface area contributed by atoms with E-state index in [1.54, 1.807) is 18.6 Å². The Morgan fingerprint density at radius 1 is 1.08 bits per heavy atom. The van der Waals surface area contributed by atoms with Gasteiger partial charge in [-0.3, -0.25) is 14.8 Å². The zero-order valence-corrected chi connectivity index (χ0v) is 13.5. The summed E-state index contributed by atoms with van der Waals surface area (Å²) in [6.07, 6.45) is 6.76. The van der Waals surface area contributed by atoms with E-state index in [4.69, 9.17) is 5.21 Å². The molecule has 1 heterocycles. The van der Waals surface area contributed by atoms with Crippen LogP contribution in [-0.4, -0.2) is 32.8 Å². The lowest BCUT2D eigenvalue weighted by atomic mass is 10.1. The lowest BCUT2D eigenvalue weighted by Crippen LogP contribution is -2.21. The molecule has 0 aliphatic carbocycles. The van der Waals surface area contributed by atoms with Gasteiger partial charge in [0.1, 0.15) is 0 Å². The van der Waals surface area contributed by atoms with Crippen LogP contribution in [0.5, 0.6) is 0 Å². The molecule has 3 aromatic rings. The normalized spacial score (nSPS) is 10.7. The number of carbonyl (C=O) groups is 2. The van der Waals surface area contributed by atoms with E-state index in [1.165, 1.54) is 29.9 Å². The van der Waals surface area contributed by atoms with Crippen molar-refractivity contribution in [2.24, 2.45) is 5.10 Å². The molecule has 2 aromatic carbocycles. The van der Waals surface area contributed by atoms with E-state index in [2.05, 4.69) is 15.5 Å². The first-order valence-corrected chi connectivity index (χ1v) is 7.63. The van der Waals surface area contributed by atoms with Crippen molar-refractivity contribution in [1.82, 2.24) is 20.5 Å². The minimum Gasteiger partial charge on any atom is -0.306 e. The van der Waals surface area contributed by atoms with Crippen molar-refractivity contribution in [1.29, 1.82) is 0 Å². The number of hydrazone groups is 1. The number of rotatable bonds is 5. The van der Waals surface area contributed by atoms with Crippen LogP contribution in [0.15, 0.2) is 72.4 Å². The molecule has 0 unspecified atom stereocenters. The van der Waals surface area contributed by atoms with Gasteiger partial charge in [0, 0.05) is 29.2 Å². The first-order chi connectivity index (χ1) is 12.7. The maximum Gasteiger partial charge on any atom is 0.274 e. The topological polar surface area (TPSA) is 109 Å². The molecule has 8 heteroatoms. The van der Waals surface area contributed by atoms with Crippen molar-refractivity contribution in [3.63, 3.8) is 0 Å². The van der Waals surface area contributed by atoms with Gasteiger partial charge in [-0.05, 0) is 35.9 Å². The molecule has 0 aliphatic rings. The number of aromatic nitrogens is 2. The van der Waals surface area contributed by atoms with Gasteiger partial charge in [0.2, 0.25) is 0 Å². The summed E-state index contributed by atoms with van der Waals surface area (Å²) in [5.74, 6) is -1.16. The van der Waals surface area contributed by atoms with Crippen LogP contribution in [-0.2, 0) is 0 Å². The van der Waals surface area contributed by atoms with Crippen LogP contribution in [0.25, 0.3) is 5.69 Å². The minimum atomic E-state index is -0.693. The Morgan fingerprint density at radius 3 is 2.46 bits per heavy atom. The molecule has 0 radical (unpaired) electrons. The summed E-state index contributed by atoms with van der Waals surface area (Å²) in [6.45, 7) is 0. The molecule has 0 aliphatic heterocycles. The average molecular weight is 349 g/mol. The zero-order valence-electron chi connectivity index (χ0n) is 13.5. The third kappa shape index (κ3) is 4.00. The largest absolute Gasteiger partial charge is 0.306 e. The second kappa shape index (κ2) is 7.86. The molecule has 3 N–H and O–H groups in total. The van der Waals surface area contributed by atoms with Crippen molar-refractivity contribution >= 4 is 18.0 Å². The fourth-order valence-corrected chi connectivity index (χ4v) is 2.24. The molecule has 0 saturated heterocycles. The van der Waals surface area contributed by atoms with Gasteiger partial charge in [-0.15, -0.1) is 0 Å². The number of hydrogen-bond donors (Lipinski definition) is 3. The highest BCUT2D eigenvalue weighted by atomic mass is 16.5. The molecule has 0 atom stereocenters. The van der Waals surface area contributed by atoms with Crippen LogP contribution >= 0.6 is 0 Å². The van der Waals surface area contributed by atoms with Gasteiger partial charge >= 0.3 is 0 Å². The highest BCUT2D eigenvalue weighted by molar-refractivity contribution is 5.99. The second-order valence-corrected chi connectivity index (χ2v) is 5.28. The quantitative estimate of drug-likeness (QED) is 0.370. The fraction of sp³-hybridized carbons (Fsp3) is 0. The van der Waals surface area contributed by atoms with Gasteiger partial charge in [-0.25, -0.2) is 15.9 Å². The van der Waals surface area contributed by atoms with Gasteiger partial charge in [0.15, 0.2) is 0 Å². The van der Waals surface area contributed by atoms with Gasteiger partial charge in [-0.1, -0.05) is 18.2 Å². The van der Waals surface area contributed by atoms with Crippen molar-refractivity contribution in [2.75, 3.05) is 0 Å². The lowest BCUT2D eigenvalue weighted by Gasteiger charge is -2.03. The third-order valence-electron chi connectivity index (χ3n) is 3.56. The molecule has 0 bridgehead atoms. The summed E-state index contributed by atoms with van der Waals surface area (Å²) in [4.78, 5) is 27.4. The maximum atomic E-state index is 12.1. The van der Waals surface area contributed by atoms with E-state index >= 15 is 0 Å². The monoisotopic (exact) mass is 349 g/mol. The predicted octanol–water partition coefficient (Wildman–Crippen LogP) is 1.76. The Bertz CT molecular complexity index is 934. The van der Waals surface area contributed by atoms with Gasteiger partial charge in [-0.2, -0.15) is 5.10 Å². The molecule has 0 fully saturated rings. The van der Waals surface area contributed by atoms with Crippen LogP contribution < -0.4 is 10.9 Å². The Labute approximate surface area is 148 Å². The van der Waals surface area contributed by atoms with Crippen molar-refractivity contribution < 1.29 is 14.8 Å². The van der Waals surface area contributed by atoms with Crippen LogP contribution in [0.2, 0.25) is 0 Å². The van der Waals surface area contributed by atoms with Crippen LogP contribution in [0.4, 0.5) is 0 Å². The molecular formula is C18H15N5O3. The Morgan fingerprint density at radius 2 is 1.81 bits per heavy atom. The number of amides is 2. The summed E-state index contributed by atoms with van der Waals surface area (Å²) in [7, 11) is 0. The lowest BCUT2D eigenvalue weighted by molar-refractivity contribution is 0.0706. The Hall–Kier alpha value is -3.78. The smallest absolute Gasteiger partial charge is 0.274 e. The molecule has 0 spiro atoms. The van der Waals surface area contributed by atoms with Gasteiger partial charge in [0.05, 0.1) is 12.5 Å². The molecule has 26 heavy (non-hydrogen) atoms. The first kappa shape index (κ1) is 17.1. The van der Waals surface area contributed by atoms with E-state index < -0.39 is 11.8 Å². The second-order valence-electron chi connectivity index (χ2n) is 5.28. The summed E-state index contributed by atoms with van der Waals surface area (Å²) >= 11 is 0. The molecule has 0 saturated carbocycles. The number of nitrogens with one attached hydrogen (secondary N) is 2. The fourth-order valence-electron chi connectivity index (χ4n) is 2.24. The minimum absolute atomic E-state index is 0.166. The number of hydrogen-bond acceptors (Lipinski definition) is 5. The summed E-state index contributed by atoms with van der Waals surface area (Å²) in [6, 6.07) is 13.4. The highest BCUT2D eigenvalue weighted by Crippen LogP contribution is 2.08. The zero-order chi connectivity index (χ0) is 18.4. The van der Waals surface area contributed by atoms with Crippen molar-refractivity contribution in [2.45, 2.75) is 0 Å². The molecule has 130 valence electrons. The predicted molar refractivity (Wildman–Crippen MR) is 94.3 cm³/mol. The van der Waals surface area contributed by atoms with Crippen LogP contribution in [0.3, 0.4) is 0 Å². The number of nitrogens with zero attached hydrogens (tertiary/aromatic N) is 3. The standard InChI is InChI=1S/C18H15N5O3/c24-17(14-2-1-3-15(10-14)18(25)22-26)21-20-11-13-4-6-16(7-5-13)23-9-8-19-12-23/h1-12,26H,(H,21,24)(H,22,25)/b20-11+. The van der Waals surface area contributed by atoms with E-state index in [0.717, 1.165) is 11.3 Å². The van der Waals surface area contributed by atoms with Gasteiger partial charge in [0.25, 0.3) is 11.8 Å². The number of hydroxylamine groups is 1. The van der Waals surface area contributed by atoms with Gasteiger partial charge < -0.3 is 4.57 Å². The van der Waals surface area contributed by atoms with Crippen molar-refractivity contribution in [3.8, 4) is 5.69 Å². The van der Waals surface area contributed by atoms with E-state index in [-0.39, 0.29) is 11.1 Å². The average Bonchev–Trinajstić information content (AvgIpc) is 3.22. The Balaban J connectivity index is 1.63. The van der Waals surface area contributed by atoms with Crippen LogP contribution in [0.1, 0.15) is 26.3 Å². The molecule has 2 amide bonds.